The molecule has 0 fully saturated rings. The van der Waals surface area contributed by atoms with E-state index in [0.29, 0.717) is 22.7 Å². The van der Waals surface area contributed by atoms with Crippen LogP contribution in [-0.4, -0.2) is 17.5 Å². The maximum absolute atomic E-state index is 12.6. The van der Waals surface area contributed by atoms with Crippen molar-refractivity contribution in [3.63, 3.8) is 0 Å². The second-order valence-corrected chi connectivity index (χ2v) is 6.36. The summed E-state index contributed by atoms with van der Waals surface area (Å²) in [4.78, 5) is 24.8. The number of ether oxygens (including phenoxy) is 1. The molecule has 1 aliphatic heterocycles. The summed E-state index contributed by atoms with van der Waals surface area (Å²) >= 11 is 5.92. The van der Waals surface area contributed by atoms with E-state index in [4.69, 9.17) is 16.3 Å². The molecule has 4 nitrogen and oxygen atoms in total. The summed E-state index contributed by atoms with van der Waals surface area (Å²) in [7, 11) is 0. The van der Waals surface area contributed by atoms with Gasteiger partial charge in [0.25, 0.3) is 5.91 Å². The molecule has 0 aliphatic carbocycles. The predicted molar refractivity (Wildman–Crippen MR) is 88.8 cm³/mol. The zero-order chi connectivity index (χ0) is 16.6. The highest BCUT2D eigenvalue weighted by Crippen LogP contribution is 2.30. The van der Waals surface area contributed by atoms with Crippen LogP contribution < -0.4 is 5.32 Å². The smallest absolute Gasteiger partial charge is 0.339 e. The second kappa shape index (κ2) is 5.70. The molecule has 0 bridgehead atoms. The maximum Gasteiger partial charge on any atom is 0.339 e. The number of anilines is 1. The Hall–Kier alpha value is -2.33. The average molecular weight is 330 g/mol. The van der Waals surface area contributed by atoms with E-state index in [2.05, 4.69) is 5.32 Å². The van der Waals surface area contributed by atoms with Crippen LogP contribution in [0.5, 0.6) is 0 Å². The van der Waals surface area contributed by atoms with Crippen LogP contribution in [0.3, 0.4) is 0 Å². The van der Waals surface area contributed by atoms with Crippen molar-refractivity contribution in [1.29, 1.82) is 0 Å². The summed E-state index contributed by atoms with van der Waals surface area (Å²) in [5.41, 5.74) is 1.69. The summed E-state index contributed by atoms with van der Waals surface area (Å²) in [5.74, 6) is -0.852. The van der Waals surface area contributed by atoms with E-state index in [1.54, 1.807) is 37.3 Å². The lowest BCUT2D eigenvalue weighted by Gasteiger charge is -2.33. The van der Waals surface area contributed by atoms with Gasteiger partial charge in [0, 0.05) is 17.1 Å². The zero-order valence-corrected chi connectivity index (χ0v) is 13.6. The number of benzene rings is 2. The van der Waals surface area contributed by atoms with Crippen molar-refractivity contribution < 1.29 is 14.3 Å². The van der Waals surface area contributed by atoms with Gasteiger partial charge in [-0.25, -0.2) is 4.79 Å². The van der Waals surface area contributed by atoms with E-state index in [0.717, 1.165) is 11.1 Å². The van der Waals surface area contributed by atoms with Crippen LogP contribution in [0.2, 0.25) is 5.02 Å². The molecule has 1 atom stereocenters. The lowest BCUT2D eigenvalue weighted by Crippen LogP contribution is -2.48. The first kappa shape index (κ1) is 15.6. The normalized spacial score (nSPS) is 19.7. The quantitative estimate of drug-likeness (QED) is 0.853. The average Bonchev–Trinajstić information content (AvgIpc) is 2.46. The Kier molecular flexibility index (Phi) is 3.86. The number of hydrogen-bond donors (Lipinski definition) is 1. The standard InChI is InChI=1S/C18H16ClNO3/c1-11-6-7-15-12(8-11)10-18(2,23-16(15)21)17(22)20-14-5-3-4-13(19)9-14/h3-9H,10H2,1-2H3,(H,20,22). The molecule has 1 N–H and O–H groups in total. The number of nitrogens with one attached hydrogen (secondary N) is 1. The summed E-state index contributed by atoms with van der Waals surface area (Å²) in [6.45, 7) is 3.57. The lowest BCUT2D eigenvalue weighted by atomic mass is 9.88. The van der Waals surface area contributed by atoms with Crippen molar-refractivity contribution in [1.82, 2.24) is 0 Å². The minimum atomic E-state index is -1.25. The summed E-state index contributed by atoms with van der Waals surface area (Å²) in [6, 6.07) is 12.3. The fraction of sp³-hybridized carbons (Fsp3) is 0.222. The third-order valence-corrected chi connectivity index (χ3v) is 4.12. The third kappa shape index (κ3) is 3.08. The van der Waals surface area contributed by atoms with E-state index in [1.165, 1.54) is 0 Å². The highest BCUT2D eigenvalue weighted by Gasteiger charge is 2.42. The molecule has 0 aromatic heterocycles. The minimum absolute atomic E-state index is 0.335. The number of amides is 1. The molecule has 0 saturated heterocycles. The number of aryl methyl sites for hydroxylation is 1. The van der Waals surface area contributed by atoms with Crippen LogP contribution >= 0.6 is 11.6 Å². The number of rotatable bonds is 2. The molecule has 1 aliphatic rings. The topological polar surface area (TPSA) is 55.4 Å². The summed E-state index contributed by atoms with van der Waals surface area (Å²) < 4.78 is 5.42. The van der Waals surface area contributed by atoms with E-state index in [1.807, 2.05) is 19.1 Å². The van der Waals surface area contributed by atoms with Gasteiger partial charge in [-0.1, -0.05) is 35.4 Å². The number of carbonyl (C=O) groups excluding carboxylic acids is 2. The fourth-order valence-corrected chi connectivity index (χ4v) is 2.87. The van der Waals surface area contributed by atoms with Crippen LogP contribution in [0.25, 0.3) is 0 Å². The SMILES string of the molecule is Cc1ccc2c(c1)CC(C)(C(=O)Nc1cccc(Cl)c1)OC2=O. The summed E-state index contributed by atoms with van der Waals surface area (Å²) in [5, 5.41) is 3.28. The van der Waals surface area contributed by atoms with Crippen molar-refractivity contribution in [3.05, 3.63) is 64.2 Å². The molecule has 1 heterocycles. The first-order chi connectivity index (χ1) is 10.9. The Morgan fingerprint density at radius 3 is 2.78 bits per heavy atom. The third-order valence-electron chi connectivity index (χ3n) is 3.89. The Balaban J connectivity index is 1.87. The first-order valence-corrected chi connectivity index (χ1v) is 7.65. The van der Waals surface area contributed by atoms with Gasteiger partial charge in [0.15, 0.2) is 5.60 Å². The number of fused-ring (bicyclic) bond motifs is 1. The fourth-order valence-electron chi connectivity index (χ4n) is 2.68. The van der Waals surface area contributed by atoms with Gasteiger partial charge in [-0.2, -0.15) is 0 Å². The van der Waals surface area contributed by atoms with Crippen LogP contribution in [0.1, 0.15) is 28.4 Å². The van der Waals surface area contributed by atoms with Gasteiger partial charge in [0.05, 0.1) is 5.56 Å². The molecular formula is C18H16ClNO3. The summed E-state index contributed by atoms with van der Waals surface area (Å²) in [6.07, 6.45) is 0.335. The van der Waals surface area contributed by atoms with Gasteiger partial charge in [-0.3, -0.25) is 4.79 Å². The molecule has 2 aromatic rings. The van der Waals surface area contributed by atoms with Gasteiger partial charge in [0.2, 0.25) is 0 Å². The molecule has 23 heavy (non-hydrogen) atoms. The van der Waals surface area contributed by atoms with E-state index < -0.39 is 11.6 Å². The molecule has 5 heteroatoms. The zero-order valence-electron chi connectivity index (χ0n) is 12.9. The molecule has 118 valence electrons. The van der Waals surface area contributed by atoms with Gasteiger partial charge in [-0.05, 0) is 43.7 Å². The molecular weight excluding hydrogens is 314 g/mol. The Bertz CT molecular complexity index is 803. The van der Waals surface area contributed by atoms with Crippen molar-refractivity contribution in [2.24, 2.45) is 0 Å². The molecule has 0 saturated carbocycles. The second-order valence-electron chi connectivity index (χ2n) is 5.92. The van der Waals surface area contributed by atoms with E-state index in [9.17, 15) is 9.59 Å². The molecule has 0 spiro atoms. The first-order valence-electron chi connectivity index (χ1n) is 7.27. The number of carbonyl (C=O) groups is 2. The molecule has 1 unspecified atom stereocenters. The Morgan fingerprint density at radius 1 is 1.26 bits per heavy atom. The number of hydrogen-bond acceptors (Lipinski definition) is 3. The van der Waals surface area contributed by atoms with Gasteiger partial charge in [0.1, 0.15) is 0 Å². The van der Waals surface area contributed by atoms with Crippen LogP contribution in [0, 0.1) is 6.92 Å². The number of halogens is 1. The Labute approximate surface area is 139 Å². The molecule has 1 amide bonds. The van der Waals surface area contributed by atoms with Crippen molar-refractivity contribution >= 4 is 29.2 Å². The molecule has 2 aromatic carbocycles. The van der Waals surface area contributed by atoms with Gasteiger partial charge < -0.3 is 10.1 Å². The monoisotopic (exact) mass is 329 g/mol. The lowest BCUT2D eigenvalue weighted by molar-refractivity contribution is -0.134. The number of esters is 1. The van der Waals surface area contributed by atoms with Crippen molar-refractivity contribution in [2.75, 3.05) is 5.32 Å². The van der Waals surface area contributed by atoms with Crippen LogP contribution in [0.15, 0.2) is 42.5 Å². The van der Waals surface area contributed by atoms with Crippen LogP contribution in [-0.2, 0) is 16.0 Å². The molecule has 0 radical (unpaired) electrons. The van der Waals surface area contributed by atoms with E-state index in [-0.39, 0.29) is 5.91 Å². The van der Waals surface area contributed by atoms with Crippen molar-refractivity contribution in [2.45, 2.75) is 25.9 Å². The van der Waals surface area contributed by atoms with Gasteiger partial charge in [-0.15, -0.1) is 0 Å². The minimum Gasteiger partial charge on any atom is -0.445 e. The van der Waals surface area contributed by atoms with E-state index >= 15 is 0 Å². The predicted octanol–water partition coefficient (Wildman–Crippen LogP) is 3.76. The molecule has 3 rings (SSSR count). The highest BCUT2D eigenvalue weighted by atomic mass is 35.5. The number of cyclic esters (lactones) is 1. The maximum atomic E-state index is 12.6. The van der Waals surface area contributed by atoms with Gasteiger partial charge >= 0.3 is 5.97 Å². The largest absolute Gasteiger partial charge is 0.445 e. The van der Waals surface area contributed by atoms with Crippen molar-refractivity contribution in [3.8, 4) is 0 Å². The highest BCUT2D eigenvalue weighted by molar-refractivity contribution is 6.30. The Morgan fingerprint density at radius 2 is 2.04 bits per heavy atom. The van der Waals surface area contributed by atoms with Crippen LogP contribution in [0.4, 0.5) is 5.69 Å².